The highest BCUT2D eigenvalue weighted by Gasteiger charge is 2.26. The topological polar surface area (TPSA) is 54.7 Å². The number of nitrogens with zero attached hydrogens (tertiary/aromatic N) is 4. The van der Waals surface area contributed by atoms with Gasteiger partial charge in [-0.3, -0.25) is 9.67 Å². The van der Waals surface area contributed by atoms with E-state index in [1.165, 1.54) is 11.1 Å². The lowest BCUT2D eigenvalue weighted by Crippen LogP contribution is -2.40. The van der Waals surface area contributed by atoms with Crippen LogP contribution in [0.25, 0.3) is 0 Å². The molecule has 2 aromatic rings. The van der Waals surface area contributed by atoms with E-state index in [9.17, 15) is 0 Å². The van der Waals surface area contributed by atoms with Crippen molar-refractivity contribution in [1.29, 1.82) is 0 Å². The van der Waals surface area contributed by atoms with Crippen LogP contribution in [-0.4, -0.2) is 53.9 Å². The highest BCUT2D eigenvalue weighted by Crippen LogP contribution is 2.26. The number of aromatic nitrogens is 2. The number of hydrogen-bond acceptors (Lipinski definition) is 3. The van der Waals surface area contributed by atoms with Crippen molar-refractivity contribution in [1.82, 2.24) is 20.0 Å². The van der Waals surface area contributed by atoms with Crippen LogP contribution < -0.4 is 10.1 Å². The summed E-state index contributed by atoms with van der Waals surface area (Å²) in [7, 11) is 3.84. The summed E-state index contributed by atoms with van der Waals surface area (Å²) in [6, 6.07) is 8.44. The predicted octanol–water partition coefficient (Wildman–Crippen LogP) is 3.21. The second-order valence-electron chi connectivity index (χ2n) is 7.45. The van der Waals surface area contributed by atoms with Crippen LogP contribution in [-0.2, 0) is 13.5 Å². The average molecular weight is 384 g/mol. The molecule has 6 heteroatoms. The molecule has 0 spiro atoms. The standard InChI is InChI=1S/C22H33N5O/c1-4-5-14-28-21-8-6-18(7-9-21)10-12-24-22(23-2)27-13-11-19(17-27)20-15-25-26(3)16-20/h6-9,15-16,19H,4-5,10-14,17H2,1-3H3,(H,23,24). The first-order chi connectivity index (χ1) is 13.7. The van der Waals surface area contributed by atoms with E-state index in [0.29, 0.717) is 5.92 Å². The van der Waals surface area contributed by atoms with Gasteiger partial charge in [-0.2, -0.15) is 5.10 Å². The number of rotatable bonds is 8. The van der Waals surface area contributed by atoms with E-state index < -0.39 is 0 Å². The number of hydrogen-bond donors (Lipinski definition) is 1. The van der Waals surface area contributed by atoms with Crippen LogP contribution in [0.1, 0.15) is 43.2 Å². The monoisotopic (exact) mass is 383 g/mol. The van der Waals surface area contributed by atoms with Gasteiger partial charge in [0.15, 0.2) is 5.96 Å². The number of ether oxygens (including phenoxy) is 1. The van der Waals surface area contributed by atoms with Crippen molar-refractivity contribution in [3.05, 3.63) is 47.8 Å². The minimum Gasteiger partial charge on any atom is -0.494 e. The largest absolute Gasteiger partial charge is 0.494 e. The molecule has 1 unspecified atom stereocenters. The van der Waals surface area contributed by atoms with E-state index in [2.05, 4.69) is 57.7 Å². The SMILES string of the molecule is CCCCOc1ccc(CCNC(=NC)N2CCC(c3cnn(C)c3)C2)cc1. The fourth-order valence-corrected chi connectivity index (χ4v) is 3.61. The Labute approximate surface area is 168 Å². The Morgan fingerprint density at radius 1 is 1.32 bits per heavy atom. The Morgan fingerprint density at radius 3 is 2.82 bits per heavy atom. The van der Waals surface area contributed by atoms with Gasteiger partial charge in [-0.05, 0) is 42.5 Å². The van der Waals surface area contributed by atoms with E-state index in [4.69, 9.17) is 4.74 Å². The molecule has 152 valence electrons. The third-order valence-electron chi connectivity index (χ3n) is 5.28. The summed E-state index contributed by atoms with van der Waals surface area (Å²) in [5, 5.41) is 7.82. The molecule has 0 aliphatic carbocycles. The first-order valence-electron chi connectivity index (χ1n) is 10.4. The van der Waals surface area contributed by atoms with Gasteiger partial charge in [0.2, 0.25) is 0 Å². The van der Waals surface area contributed by atoms with E-state index >= 15 is 0 Å². The molecule has 0 radical (unpaired) electrons. The Bertz CT molecular complexity index is 753. The summed E-state index contributed by atoms with van der Waals surface area (Å²) < 4.78 is 7.61. The first-order valence-corrected chi connectivity index (χ1v) is 10.4. The van der Waals surface area contributed by atoms with Crippen molar-refractivity contribution >= 4 is 5.96 Å². The summed E-state index contributed by atoms with van der Waals surface area (Å²) in [6.07, 6.45) is 8.48. The quantitative estimate of drug-likeness (QED) is 0.432. The van der Waals surface area contributed by atoms with Crippen molar-refractivity contribution in [3.8, 4) is 5.75 Å². The van der Waals surface area contributed by atoms with E-state index in [0.717, 1.165) is 63.6 Å². The summed E-state index contributed by atoms with van der Waals surface area (Å²) in [6.45, 7) is 5.87. The highest BCUT2D eigenvalue weighted by molar-refractivity contribution is 5.80. The molecular formula is C22H33N5O. The molecule has 0 saturated carbocycles. The lowest BCUT2D eigenvalue weighted by molar-refractivity contribution is 0.309. The number of aryl methyl sites for hydroxylation is 1. The lowest BCUT2D eigenvalue weighted by Gasteiger charge is -2.21. The Balaban J connectivity index is 1.43. The molecule has 1 aliphatic heterocycles. The van der Waals surface area contributed by atoms with Crippen LogP contribution in [0.15, 0.2) is 41.7 Å². The minimum absolute atomic E-state index is 0.535. The molecule has 1 aromatic heterocycles. The van der Waals surface area contributed by atoms with Crippen LogP contribution >= 0.6 is 0 Å². The first kappa shape index (κ1) is 20.2. The van der Waals surface area contributed by atoms with E-state index in [1.54, 1.807) is 0 Å². The molecule has 1 N–H and O–H groups in total. The molecule has 6 nitrogen and oxygen atoms in total. The van der Waals surface area contributed by atoms with Gasteiger partial charge in [0.25, 0.3) is 0 Å². The van der Waals surface area contributed by atoms with Crippen molar-refractivity contribution < 1.29 is 4.74 Å². The van der Waals surface area contributed by atoms with Gasteiger partial charge in [0.05, 0.1) is 12.8 Å². The Morgan fingerprint density at radius 2 is 2.14 bits per heavy atom. The summed E-state index contributed by atoms with van der Waals surface area (Å²) in [5.41, 5.74) is 2.63. The molecule has 1 aliphatic rings. The normalized spacial score (nSPS) is 17.2. The molecule has 28 heavy (non-hydrogen) atoms. The maximum Gasteiger partial charge on any atom is 0.193 e. The molecule has 0 bridgehead atoms. The van der Waals surface area contributed by atoms with Gasteiger partial charge in [-0.25, -0.2) is 0 Å². The Kier molecular flexibility index (Phi) is 7.34. The Hall–Kier alpha value is -2.50. The van der Waals surface area contributed by atoms with Crippen molar-refractivity contribution in [3.63, 3.8) is 0 Å². The zero-order chi connectivity index (χ0) is 19.8. The molecule has 1 fully saturated rings. The summed E-state index contributed by atoms with van der Waals surface area (Å²) >= 11 is 0. The fraction of sp³-hybridized carbons (Fsp3) is 0.545. The van der Waals surface area contributed by atoms with Crippen molar-refractivity contribution in [2.45, 2.75) is 38.5 Å². The van der Waals surface area contributed by atoms with Gasteiger partial charge in [0, 0.05) is 45.8 Å². The van der Waals surface area contributed by atoms with Gasteiger partial charge in [-0.1, -0.05) is 25.5 Å². The molecule has 1 atom stereocenters. The maximum atomic E-state index is 5.73. The number of benzene rings is 1. The van der Waals surface area contributed by atoms with Crippen LogP contribution in [0.5, 0.6) is 5.75 Å². The van der Waals surface area contributed by atoms with Crippen LogP contribution in [0.2, 0.25) is 0 Å². The zero-order valence-electron chi connectivity index (χ0n) is 17.4. The number of nitrogens with one attached hydrogen (secondary N) is 1. The number of unbranched alkanes of at least 4 members (excludes halogenated alkanes) is 1. The summed E-state index contributed by atoms with van der Waals surface area (Å²) in [4.78, 5) is 6.83. The number of likely N-dealkylation sites (tertiary alicyclic amines) is 1. The molecule has 0 amide bonds. The fourth-order valence-electron chi connectivity index (χ4n) is 3.61. The second kappa shape index (κ2) is 10.2. The van der Waals surface area contributed by atoms with Crippen LogP contribution in [0.4, 0.5) is 0 Å². The van der Waals surface area contributed by atoms with Crippen LogP contribution in [0.3, 0.4) is 0 Å². The van der Waals surface area contributed by atoms with E-state index in [-0.39, 0.29) is 0 Å². The maximum absolute atomic E-state index is 5.73. The average Bonchev–Trinajstić information content (AvgIpc) is 3.36. The lowest BCUT2D eigenvalue weighted by atomic mass is 10.0. The zero-order valence-corrected chi connectivity index (χ0v) is 17.4. The van der Waals surface area contributed by atoms with Crippen LogP contribution in [0, 0.1) is 0 Å². The second-order valence-corrected chi connectivity index (χ2v) is 7.45. The molecule has 1 saturated heterocycles. The molecule has 3 rings (SSSR count). The highest BCUT2D eigenvalue weighted by atomic mass is 16.5. The molecule has 1 aromatic carbocycles. The third kappa shape index (κ3) is 5.50. The van der Waals surface area contributed by atoms with E-state index in [1.807, 2.05) is 25.0 Å². The minimum atomic E-state index is 0.535. The summed E-state index contributed by atoms with van der Waals surface area (Å²) in [5.74, 6) is 2.48. The van der Waals surface area contributed by atoms with Crippen molar-refractivity contribution in [2.24, 2.45) is 12.0 Å². The third-order valence-corrected chi connectivity index (χ3v) is 5.28. The molecular weight excluding hydrogens is 350 g/mol. The number of aliphatic imine (C=N–C) groups is 1. The van der Waals surface area contributed by atoms with Crippen molar-refractivity contribution in [2.75, 3.05) is 33.3 Å². The van der Waals surface area contributed by atoms with Gasteiger partial charge < -0.3 is 15.0 Å². The van der Waals surface area contributed by atoms with Gasteiger partial charge >= 0.3 is 0 Å². The smallest absolute Gasteiger partial charge is 0.193 e. The molecule has 2 heterocycles. The predicted molar refractivity (Wildman–Crippen MR) is 114 cm³/mol. The van der Waals surface area contributed by atoms with Gasteiger partial charge in [-0.15, -0.1) is 0 Å². The number of guanidine groups is 1. The van der Waals surface area contributed by atoms with Gasteiger partial charge in [0.1, 0.15) is 5.75 Å².